The predicted octanol–water partition coefficient (Wildman–Crippen LogP) is 4.57. The van der Waals surface area contributed by atoms with E-state index in [0.29, 0.717) is 36.6 Å². The lowest BCUT2D eigenvalue weighted by Crippen LogP contribution is -2.37. The van der Waals surface area contributed by atoms with Crippen LogP contribution in [0.2, 0.25) is 0 Å². The van der Waals surface area contributed by atoms with Crippen LogP contribution < -0.4 is 9.64 Å². The molecule has 1 aliphatic rings. The summed E-state index contributed by atoms with van der Waals surface area (Å²) in [6, 6.07) is 15.4. The van der Waals surface area contributed by atoms with Gasteiger partial charge in [0.2, 0.25) is 5.91 Å². The lowest BCUT2D eigenvalue weighted by molar-refractivity contribution is -0.119. The normalized spacial score (nSPS) is 15.3. The van der Waals surface area contributed by atoms with E-state index in [1.807, 2.05) is 58.3 Å². The number of carbonyl (C=O) groups is 2. The number of para-hydroxylation sites is 1. The minimum Gasteiger partial charge on any atom is -0.497 e. The van der Waals surface area contributed by atoms with Crippen molar-refractivity contribution in [3.8, 4) is 17.0 Å². The fourth-order valence-corrected chi connectivity index (χ4v) is 5.18. The lowest BCUT2D eigenvalue weighted by atomic mass is 10.1. The van der Waals surface area contributed by atoms with Crippen LogP contribution in [0.4, 0.5) is 5.69 Å². The maximum atomic E-state index is 13.9. The molecule has 0 saturated heterocycles. The number of benzene rings is 2. The number of amides is 2. The van der Waals surface area contributed by atoms with Crippen molar-refractivity contribution in [3.63, 3.8) is 0 Å². The van der Waals surface area contributed by atoms with E-state index in [1.165, 1.54) is 0 Å². The van der Waals surface area contributed by atoms with Gasteiger partial charge in [0.25, 0.3) is 5.91 Å². The zero-order chi connectivity index (χ0) is 26.4. The Morgan fingerprint density at radius 2 is 1.78 bits per heavy atom. The van der Waals surface area contributed by atoms with Gasteiger partial charge in [0.05, 0.1) is 7.11 Å². The van der Waals surface area contributed by atoms with Crippen LogP contribution in [0.15, 0.2) is 48.5 Å². The average molecular weight is 522 g/mol. The van der Waals surface area contributed by atoms with Crippen LogP contribution >= 0.6 is 11.5 Å². The van der Waals surface area contributed by atoms with Gasteiger partial charge in [-0.1, -0.05) is 36.5 Å². The van der Waals surface area contributed by atoms with E-state index >= 15 is 0 Å². The second-order valence-corrected chi connectivity index (χ2v) is 10.6. The van der Waals surface area contributed by atoms with Crippen LogP contribution in [0, 0.1) is 5.92 Å². The Morgan fingerprint density at radius 3 is 2.51 bits per heavy atom. The van der Waals surface area contributed by atoms with Crippen LogP contribution in [-0.4, -0.2) is 71.5 Å². The Morgan fingerprint density at radius 1 is 1.03 bits per heavy atom. The second-order valence-electron chi connectivity index (χ2n) is 9.83. The van der Waals surface area contributed by atoms with E-state index in [1.54, 1.807) is 7.11 Å². The molecule has 37 heavy (non-hydrogen) atoms. The number of carbonyl (C=O) groups excluding carboxylic acids is 2. The van der Waals surface area contributed by atoms with Crippen LogP contribution in [0.5, 0.6) is 5.75 Å². The number of nitrogens with zero attached hydrogens (tertiary/aromatic N) is 5. The highest BCUT2D eigenvalue weighted by Gasteiger charge is 2.27. The Balaban J connectivity index is 1.68. The van der Waals surface area contributed by atoms with E-state index in [-0.39, 0.29) is 17.7 Å². The van der Waals surface area contributed by atoms with Gasteiger partial charge in [0.15, 0.2) is 0 Å². The number of aromatic nitrogens is 2. The SMILES string of the molecule is COc1ccc(-c2nnsc2C(=O)N2CCN(C)CCCN(C(=O)CC(C)C)c3ccccc3C2)cc1. The number of anilines is 1. The summed E-state index contributed by atoms with van der Waals surface area (Å²) in [5.41, 5.74) is 3.23. The molecule has 2 amide bonds. The van der Waals surface area contributed by atoms with Gasteiger partial charge in [0.1, 0.15) is 16.3 Å². The standard InChI is InChI=1S/C28H35N5O3S/c1-20(2)18-25(34)33-15-7-14-31(3)16-17-32(19-22-8-5-6-9-24(22)33)28(35)27-26(29-30-37-27)21-10-12-23(36-4)13-11-21/h5-6,8-13,20H,7,14-19H2,1-4H3. The highest BCUT2D eigenvalue weighted by Crippen LogP contribution is 2.29. The summed E-state index contributed by atoms with van der Waals surface area (Å²) in [6.07, 6.45) is 1.35. The van der Waals surface area contributed by atoms with E-state index in [4.69, 9.17) is 4.74 Å². The largest absolute Gasteiger partial charge is 0.497 e. The second kappa shape index (κ2) is 12.3. The van der Waals surface area contributed by atoms with E-state index < -0.39 is 0 Å². The fourth-order valence-electron chi connectivity index (χ4n) is 4.52. The van der Waals surface area contributed by atoms with Gasteiger partial charge in [-0.05, 0) is 73.4 Å². The summed E-state index contributed by atoms with van der Waals surface area (Å²) < 4.78 is 9.39. The maximum absolute atomic E-state index is 13.9. The molecule has 0 fully saturated rings. The summed E-state index contributed by atoms with van der Waals surface area (Å²) in [5.74, 6) is 1.02. The van der Waals surface area contributed by atoms with Crippen molar-refractivity contribution >= 4 is 29.0 Å². The minimum atomic E-state index is -0.108. The molecular formula is C28H35N5O3S. The number of hydrogen-bond acceptors (Lipinski definition) is 7. The third-order valence-electron chi connectivity index (χ3n) is 6.53. The summed E-state index contributed by atoms with van der Waals surface area (Å²) in [6.45, 7) is 7.31. The number of likely N-dealkylation sites (N-methyl/N-ethyl adjacent to an activating group) is 1. The smallest absolute Gasteiger partial charge is 0.268 e. The first-order valence-corrected chi connectivity index (χ1v) is 13.5. The van der Waals surface area contributed by atoms with Crippen LogP contribution in [0.25, 0.3) is 11.3 Å². The van der Waals surface area contributed by atoms with Crippen molar-refractivity contribution in [2.75, 3.05) is 45.2 Å². The molecule has 196 valence electrons. The zero-order valence-electron chi connectivity index (χ0n) is 22.0. The van der Waals surface area contributed by atoms with Gasteiger partial charge in [-0.2, -0.15) is 0 Å². The van der Waals surface area contributed by atoms with Crippen molar-refractivity contribution in [2.24, 2.45) is 5.92 Å². The molecular weight excluding hydrogens is 486 g/mol. The van der Waals surface area contributed by atoms with Gasteiger partial charge >= 0.3 is 0 Å². The Hall–Kier alpha value is -3.30. The van der Waals surface area contributed by atoms with Crippen LogP contribution in [-0.2, 0) is 11.3 Å². The Bertz CT molecular complexity index is 1210. The fraction of sp³-hybridized carbons (Fsp3) is 0.429. The molecule has 0 aliphatic carbocycles. The van der Waals surface area contributed by atoms with Crippen LogP contribution in [0.3, 0.4) is 0 Å². The van der Waals surface area contributed by atoms with E-state index in [2.05, 4.69) is 35.4 Å². The molecule has 0 unspecified atom stereocenters. The number of ether oxygens (including phenoxy) is 1. The van der Waals surface area contributed by atoms with E-state index in [9.17, 15) is 9.59 Å². The molecule has 0 N–H and O–H groups in total. The van der Waals surface area contributed by atoms with Crippen molar-refractivity contribution in [1.29, 1.82) is 0 Å². The number of hydrogen-bond donors (Lipinski definition) is 0. The van der Waals surface area contributed by atoms with Crippen molar-refractivity contribution in [2.45, 2.75) is 33.2 Å². The third-order valence-corrected chi connectivity index (χ3v) is 7.25. The molecule has 9 heteroatoms. The quantitative estimate of drug-likeness (QED) is 0.489. The van der Waals surface area contributed by atoms with Crippen molar-refractivity contribution < 1.29 is 14.3 Å². The molecule has 1 aromatic heterocycles. The minimum absolute atomic E-state index is 0.108. The lowest BCUT2D eigenvalue weighted by Gasteiger charge is -2.28. The maximum Gasteiger partial charge on any atom is 0.268 e. The third kappa shape index (κ3) is 6.53. The molecule has 0 saturated carbocycles. The van der Waals surface area contributed by atoms with Gasteiger partial charge < -0.3 is 19.4 Å². The zero-order valence-corrected chi connectivity index (χ0v) is 22.8. The molecule has 2 heterocycles. The topological polar surface area (TPSA) is 78.9 Å². The van der Waals surface area contributed by atoms with Crippen molar-refractivity contribution in [3.05, 3.63) is 59.0 Å². The van der Waals surface area contributed by atoms with Gasteiger partial charge in [-0.25, -0.2) is 0 Å². The molecule has 1 aliphatic heterocycles. The van der Waals surface area contributed by atoms with Gasteiger partial charge in [-0.15, -0.1) is 5.10 Å². The first-order chi connectivity index (χ1) is 17.9. The number of fused-ring (bicyclic) bond motifs is 1. The highest BCUT2D eigenvalue weighted by molar-refractivity contribution is 7.08. The Labute approximate surface area is 223 Å². The molecule has 3 aromatic rings. The summed E-state index contributed by atoms with van der Waals surface area (Å²) in [5, 5.41) is 4.29. The van der Waals surface area contributed by atoms with Crippen molar-refractivity contribution in [1.82, 2.24) is 19.4 Å². The van der Waals surface area contributed by atoms with Crippen LogP contribution in [0.1, 0.15) is 41.9 Å². The number of methoxy groups -OCH3 is 1. The van der Waals surface area contributed by atoms with Gasteiger partial charge in [-0.3, -0.25) is 9.59 Å². The van der Waals surface area contributed by atoms with Gasteiger partial charge in [0, 0.05) is 43.9 Å². The number of rotatable bonds is 5. The first kappa shape index (κ1) is 26.8. The molecule has 0 spiro atoms. The molecule has 4 rings (SSSR count). The molecule has 0 atom stereocenters. The molecule has 0 radical (unpaired) electrons. The summed E-state index contributed by atoms with van der Waals surface area (Å²) in [7, 11) is 3.68. The first-order valence-electron chi connectivity index (χ1n) is 12.7. The molecule has 0 bridgehead atoms. The predicted molar refractivity (Wildman–Crippen MR) is 147 cm³/mol. The van der Waals surface area contributed by atoms with E-state index in [0.717, 1.165) is 53.6 Å². The highest BCUT2D eigenvalue weighted by atomic mass is 32.1. The summed E-state index contributed by atoms with van der Waals surface area (Å²) >= 11 is 1.11. The molecule has 8 nitrogen and oxygen atoms in total. The molecule has 2 aromatic carbocycles. The Kier molecular flexibility index (Phi) is 8.89. The monoisotopic (exact) mass is 521 g/mol. The average Bonchev–Trinajstić information content (AvgIpc) is 3.37. The summed E-state index contributed by atoms with van der Waals surface area (Å²) in [4.78, 5) is 33.7.